The number of amidine groups is 2. The Morgan fingerprint density at radius 3 is 2.53 bits per heavy atom. The number of sulfonamides is 1. The van der Waals surface area contributed by atoms with Crippen LogP contribution < -0.4 is 25.2 Å². The summed E-state index contributed by atoms with van der Waals surface area (Å²) in [4.78, 5) is 49.6. The van der Waals surface area contributed by atoms with Crippen LogP contribution in [-0.4, -0.2) is 67.2 Å². The van der Waals surface area contributed by atoms with Gasteiger partial charge in [-0.1, -0.05) is 42.1 Å². The van der Waals surface area contributed by atoms with E-state index in [1.54, 1.807) is 30.3 Å². The van der Waals surface area contributed by atoms with Crippen molar-refractivity contribution in [2.24, 2.45) is 15.1 Å². The van der Waals surface area contributed by atoms with Gasteiger partial charge < -0.3 is 20.1 Å². The van der Waals surface area contributed by atoms with Crippen LogP contribution in [0.1, 0.15) is 23.1 Å². The molecule has 0 unspecified atom stereocenters. The highest BCUT2D eigenvalue weighted by Crippen LogP contribution is 2.34. The third-order valence-electron chi connectivity index (χ3n) is 7.17. The molecule has 3 amide bonds. The summed E-state index contributed by atoms with van der Waals surface area (Å²) in [6.07, 6.45) is 0.331. The van der Waals surface area contributed by atoms with E-state index in [1.165, 1.54) is 17.0 Å². The lowest BCUT2D eigenvalue weighted by molar-refractivity contribution is -0.128. The molecule has 0 saturated carbocycles. The van der Waals surface area contributed by atoms with Crippen LogP contribution in [-0.2, 0) is 37.4 Å². The summed E-state index contributed by atoms with van der Waals surface area (Å²) >= 11 is 1.10. The molecule has 13 nitrogen and oxygen atoms in total. The number of nitrogens with one attached hydrogen (secondary N) is 2. The van der Waals surface area contributed by atoms with Crippen LogP contribution in [0.3, 0.4) is 0 Å². The number of primary sulfonamides is 1. The lowest BCUT2D eigenvalue weighted by Gasteiger charge is -2.25. The van der Waals surface area contributed by atoms with E-state index in [1.807, 2.05) is 24.3 Å². The topological polar surface area (TPSA) is 182 Å². The predicted molar refractivity (Wildman–Crippen MR) is 167 cm³/mol. The molecule has 3 aliphatic heterocycles. The number of hydrogen-bond donors (Lipinski definition) is 3. The number of carbonyl (C=O) groups excluding carboxylic acids is 3. The van der Waals surface area contributed by atoms with Crippen molar-refractivity contribution in [3.8, 4) is 11.5 Å². The van der Waals surface area contributed by atoms with Crippen molar-refractivity contribution in [2.75, 3.05) is 19.1 Å². The lowest BCUT2D eigenvalue weighted by Crippen LogP contribution is -2.42. The summed E-state index contributed by atoms with van der Waals surface area (Å²) in [6.45, 7) is 0.728. The zero-order chi connectivity index (χ0) is 31.6. The molecule has 0 radical (unpaired) electrons. The van der Waals surface area contributed by atoms with E-state index in [0.717, 1.165) is 22.9 Å². The summed E-state index contributed by atoms with van der Waals surface area (Å²) < 4.78 is 33.6. The molecule has 6 rings (SSSR count). The molecule has 3 aromatic carbocycles. The van der Waals surface area contributed by atoms with Crippen molar-refractivity contribution in [2.45, 2.75) is 30.3 Å². The van der Waals surface area contributed by atoms with E-state index in [2.05, 4.69) is 20.6 Å². The minimum Gasteiger partial charge on any atom is -0.454 e. The second kappa shape index (κ2) is 12.7. The van der Waals surface area contributed by atoms with Gasteiger partial charge in [0.1, 0.15) is 11.9 Å². The van der Waals surface area contributed by atoms with Crippen molar-refractivity contribution in [3.05, 3.63) is 83.4 Å². The van der Waals surface area contributed by atoms with E-state index in [4.69, 9.17) is 14.6 Å². The largest absolute Gasteiger partial charge is 0.454 e. The molecule has 15 heteroatoms. The zero-order valence-corrected chi connectivity index (χ0v) is 25.4. The minimum absolute atomic E-state index is 0.0108. The SMILES string of the molecule is NS(=O)(=O)c1ccc(CCNC(=O)CSC2=Nc3ccccc3C3=N[C@H](CC(=O)NCc4ccc5c(c4)OCO5)C(=O)N23)cc1. The molecule has 3 heterocycles. The van der Waals surface area contributed by atoms with Gasteiger partial charge in [-0.2, -0.15) is 0 Å². The first-order valence-electron chi connectivity index (χ1n) is 13.9. The Bertz CT molecular complexity index is 1840. The monoisotopic (exact) mass is 648 g/mol. The maximum atomic E-state index is 13.5. The van der Waals surface area contributed by atoms with E-state index < -0.39 is 22.0 Å². The maximum absolute atomic E-state index is 13.5. The molecule has 0 fully saturated rings. The number of thioether (sulfide) groups is 1. The van der Waals surface area contributed by atoms with Gasteiger partial charge in [0, 0.05) is 18.7 Å². The van der Waals surface area contributed by atoms with Gasteiger partial charge in [-0.05, 0) is 53.9 Å². The molecule has 45 heavy (non-hydrogen) atoms. The Balaban J connectivity index is 1.05. The van der Waals surface area contributed by atoms with E-state index >= 15 is 0 Å². The van der Waals surface area contributed by atoms with Gasteiger partial charge in [-0.3, -0.25) is 19.4 Å². The fraction of sp³-hybridized carbons (Fsp3) is 0.233. The van der Waals surface area contributed by atoms with E-state index in [0.29, 0.717) is 46.7 Å². The molecular formula is C30H28N6O7S2. The number of rotatable bonds is 10. The van der Waals surface area contributed by atoms with E-state index in [9.17, 15) is 22.8 Å². The molecular weight excluding hydrogens is 620 g/mol. The molecule has 0 saturated heterocycles. The summed E-state index contributed by atoms with van der Waals surface area (Å²) in [5.74, 6) is 0.642. The van der Waals surface area contributed by atoms with Gasteiger partial charge in [-0.25, -0.2) is 23.4 Å². The van der Waals surface area contributed by atoms with Crippen LogP contribution in [0, 0.1) is 0 Å². The number of nitrogens with two attached hydrogens (primary N) is 1. The van der Waals surface area contributed by atoms with Crippen LogP contribution in [0.5, 0.6) is 11.5 Å². The van der Waals surface area contributed by atoms with Gasteiger partial charge in [0.05, 0.1) is 22.8 Å². The predicted octanol–water partition coefficient (Wildman–Crippen LogP) is 1.82. The van der Waals surface area contributed by atoms with Gasteiger partial charge in [-0.15, -0.1) is 0 Å². The van der Waals surface area contributed by atoms with Crippen molar-refractivity contribution < 1.29 is 32.3 Å². The zero-order valence-electron chi connectivity index (χ0n) is 23.8. The van der Waals surface area contributed by atoms with Gasteiger partial charge in [0.25, 0.3) is 5.91 Å². The van der Waals surface area contributed by atoms with Crippen LogP contribution >= 0.6 is 11.8 Å². The Morgan fingerprint density at radius 1 is 0.978 bits per heavy atom. The van der Waals surface area contributed by atoms with Crippen LogP contribution in [0.15, 0.2) is 81.6 Å². The maximum Gasteiger partial charge on any atom is 0.259 e. The standard InChI is InChI=1S/C30H28N6O7S2/c31-45(40,41)20-8-5-18(6-9-20)11-12-32-27(38)16-44-30-35-22-4-2-1-3-21(22)28-34-23(29(39)36(28)30)14-26(37)33-15-19-7-10-24-25(13-19)43-17-42-24/h1-10,13,23H,11-12,14-17H2,(H,32,38)(H,33,37)(H2,31,40,41)/t23-/m1/s1. The second-order valence-electron chi connectivity index (χ2n) is 10.3. The highest BCUT2D eigenvalue weighted by molar-refractivity contribution is 8.14. The first-order chi connectivity index (χ1) is 21.7. The van der Waals surface area contributed by atoms with Crippen LogP contribution in [0.2, 0.25) is 0 Å². The van der Waals surface area contributed by atoms with Crippen LogP contribution in [0.4, 0.5) is 5.69 Å². The molecule has 0 aromatic heterocycles. The molecule has 0 aliphatic carbocycles. The first-order valence-corrected chi connectivity index (χ1v) is 16.5. The average Bonchev–Trinajstić information content (AvgIpc) is 3.63. The molecule has 3 aromatic rings. The van der Waals surface area contributed by atoms with Crippen molar-refractivity contribution in [3.63, 3.8) is 0 Å². The van der Waals surface area contributed by atoms with Gasteiger partial charge in [0.2, 0.25) is 28.6 Å². The summed E-state index contributed by atoms with van der Waals surface area (Å²) in [5, 5.41) is 11.1. The highest BCUT2D eigenvalue weighted by Gasteiger charge is 2.42. The third kappa shape index (κ3) is 6.84. The van der Waals surface area contributed by atoms with Crippen LogP contribution in [0.25, 0.3) is 0 Å². The number of carbonyl (C=O) groups is 3. The summed E-state index contributed by atoms with van der Waals surface area (Å²) in [5.41, 5.74) is 2.93. The minimum atomic E-state index is -3.77. The number of benzene rings is 3. The Kier molecular flexibility index (Phi) is 8.56. The van der Waals surface area contributed by atoms with E-state index in [-0.39, 0.29) is 42.2 Å². The average molecular weight is 649 g/mol. The van der Waals surface area contributed by atoms with Crippen molar-refractivity contribution in [1.82, 2.24) is 15.5 Å². The number of hydrogen-bond acceptors (Lipinski definition) is 10. The number of fused-ring (bicyclic) bond motifs is 4. The molecule has 0 bridgehead atoms. The molecule has 232 valence electrons. The Labute approximate surface area is 262 Å². The Hall–Kier alpha value is -4.73. The smallest absolute Gasteiger partial charge is 0.259 e. The summed E-state index contributed by atoms with van der Waals surface area (Å²) in [7, 11) is -3.77. The Morgan fingerprint density at radius 2 is 1.73 bits per heavy atom. The van der Waals surface area contributed by atoms with Gasteiger partial charge in [0.15, 0.2) is 16.7 Å². The number of nitrogens with zero attached hydrogens (tertiary/aromatic N) is 3. The second-order valence-corrected chi connectivity index (χ2v) is 12.8. The number of amides is 3. The first kappa shape index (κ1) is 30.3. The fourth-order valence-corrected chi connectivity index (χ4v) is 6.25. The molecule has 0 spiro atoms. The van der Waals surface area contributed by atoms with Crippen molar-refractivity contribution in [1.29, 1.82) is 0 Å². The summed E-state index contributed by atoms with van der Waals surface area (Å²) in [6, 6.07) is 17.8. The van der Waals surface area contributed by atoms with Gasteiger partial charge >= 0.3 is 0 Å². The highest BCUT2D eigenvalue weighted by atomic mass is 32.2. The van der Waals surface area contributed by atoms with Crippen molar-refractivity contribution >= 4 is 56.2 Å². The fourth-order valence-electron chi connectivity index (χ4n) is 4.90. The molecule has 3 aliphatic rings. The number of aliphatic imine (C=N–C) groups is 2. The normalized spacial score (nSPS) is 16.4. The number of ether oxygens (including phenoxy) is 2. The lowest BCUT2D eigenvalue weighted by atomic mass is 10.1. The number of para-hydroxylation sites is 1. The third-order valence-corrected chi connectivity index (χ3v) is 9.04. The quantitative estimate of drug-likeness (QED) is 0.298. The molecule has 4 N–H and O–H groups in total. The molecule has 1 atom stereocenters.